The zero-order valence-corrected chi connectivity index (χ0v) is 13.7. The summed E-state index contributed by atoms with van der Waals surface area (Å²) in [4.78, 5) is 27.4. The smallest absolute Gasteiger partial charge is 0.319 e. The average molecular weight is 348 g/mol. The van der Waals surface area contributed by atoms with Crippen LogP contribution in [0.5, 0.6) is 0 Å². The third kappa shape index (κ3) is 3.60. The number of H-pyrrole nitrogens is 1. The number of carbonyl (C=O) groups excluding carboxylic acids is 2. The van der Waals surface area contributed by atoms with Crippen molar-refractivity contribution >= 4 is 29.1 Å². The maximum atomic E-state index is 12.5. The largest absolute Gasteiger partial charge is 0.388 e. The quantitative estimate of drug-likeness (QED) is 0.626. The molecule has 1 aliphatic rings. The van der Waals surface area contributed by atoms with E-state index in [0.717, 1.165) is 6.42 Å². The van der Waals surface area contributed by atoms with Gasteiger partial charge in [0, 0.05) is 23.3 Å². The van der Waals surface area contributed by atoms with Gasteiger partial charge in [-0.25, -0.2) is 4.79 Å². The first-order valence-corrected chi connectivity index (χ1v) is 8.10. The maximum Gasteiger partial charge on any atom is 0.319 e. The Labute approximate surface area is 144 Å². The van der Waals surface area contributed by atoms with Gasteiger partial charge in [0.05, 0.1) is 17.0 Å². The number of aromatic amines is 1. The Morgan fingerprint density at radius 3 is 2.71 bits per heavy atom. The number of halogens is 1. The van der Waals surface area contributed by atoms with Gasteiger partial charge < -0.3 is 20.7 Å². The van der Waals surface area contributed by atoms with E-state index in [1.807, 2.05) is 0 Å². The Morgan fingerprint density at radius 2 is 2.08 bits per heavy atom. The van der Waals surface area contributed by atoms with Gasteiger partial charge in [-0.3, -0.25) is 4.79 Å². The van der Waals surface area contributed by atoms with E-state index in [-0.39, 0.29) is 12.3 Å². The van der Waals surface area contributed by atoms with Crippen LogP contribution in [0, 0.1) is 0 Å². The molecule has 1 heterocycles. The van der Waals surface area contributed by atoms with Gasteiger partial charge in [0.15, 0.2) is 0 Å². The topological polar surface area (TPSA) is 94.2 Å². The van der Waals surface area contributed by atoms with Crippen LogP contribution in [0.1, 0.15) is 35.3 Å². The summed E-state index contributed by atoms with van der Waals surface area (Å²) in [5.41, 5.74) is 0.254. The predicted octanol–water partition coefficient (Wildman–Crippen LogP) is 2.94. The van der Waals surface area contributed by atoms with Crippen LogP contribution in [0.25, 0.3) is 0 Å². The van der Waals surface area contributed by atoms with E-state index in [2.05, 4.69) is 15.6 Å². The molecule has 0 saturated heterocycles. The highest BCUT2D eigenvalue weighted by Gasteiger charge is 2.34. The van der Waals surface area contributed by atoms with Crippen LogP contribution in [0.15, 0.2) is 36.5 Å². The van der Waals surface area contributed by atoms with Crippen LogP contribution in [0.4, 0.5) is 10.5 Å². The van der Waals surface area contributed by atoms with E-state index in [0.29, 0.717) is 34.8 Å². The Bertz CT molecular complexity index is 754. The molecule has 2 amide bonds. The predicted molar refractivity (Wildman–Crippen MR) is 91.5 cm³/mol. The molecule has 3 rings (SSSR count). The highest BCUT2D eigenvalue weighted by atomic mass is 35.5. The van der Waals surface area contributed by atoms with Gasteiger partial charge in [-0.2, -0.15) is 0 Å². The number of nitrogens with one attached hydrogen (secondary N) is 3. The fraction of sp³-hybridized carbons (Fsp3) is 0.294. The van der Waals surface area contributed by atoms with Crippen LogP contribution >= 0.6 is 11.6 Å². The van der Waals surface area contributed by atoms with Gasteiger partial charge in [-0.15, -0.1) is 0 Å². The minimum absolute atomic E-state index is 0.187. The molecule has 0 radical (unpaired) electrons. The van der Waals surface area contributed by atoms with Gasteiger partial charge in [0.1, 0.15) is 0 Å². The lowest BCUT2D eigenvalue weighted by Crippen LogP contribution is -2.48. The van der Waals surface area contributed by atoms with Crippen LogP contribution in [-0.2, 0) is 0 Å². The molecular formula is C17H18ClN3O3. The van der Waals surface area contributed by atoms with Crippen molar-refractivity contribution in [2.75, 3.05) is 11.9 Å². The molecule has 0 aliphatic heterocycles. The van der Waals surface area contributed by atoms with Crippen molar-refractivity contribution in [3.63, 3.8) is 0 Å². The second-order valence-corrected chi connectivity index (χ2v) is 6.42. The Kier molecular flexibility index (Phi) is 4.59. The first-order chi connectivity index (χ1) is 11.5. The number of hydrogen-bond acceptors (Lipinski definition) is 3. The lowest BCUT2D eigenvalue weighted by atomic mass is 9.80. The van der Waals surface area contributed by atoms with E-state index in [1.54, 1.807) is 30.5 Å². The lowest BCUT2D eigenvalue weighted by Gasteiger charge is -2.36. The lowest BCUT2D eigenvalue weighted by molar-refractivity contribution is -0.0287. The summed E-state index contributed by atoms with van der Waals surface area (Å²) in [5.74, 6) is -0.268. The maximum absolute atomic E-state index is 12.5. The van der Waals surface area contributed by atoms with Crippen molar-refractivity contribution in [1.82, 2.24) is 10.3 Å². The zero-order valence-electron chi connectivity index (χ0n) is 12.9. The molecule has 1 aromatic heterocycles. The Morgan fingerprint density at radius 1 is 1.29 bits per heavy atom. The molecule has 1 saturated carbocycles. The minimum atomic E-state index is -0.805. The SMILES string of the molecule is O=C(NCC1(O)CCC1)Nc1ccc(Cl)cc1C(=O)c1ccc[nH]1. The summed E-state index contributed by atoms with van der Waals surface area (Å²) in [7, 11) is 0. The van der Waals surface area contributed by atoms with E-state index in [4.69, 9.17) is 11.6 Å². The molecule has 1 fully saturated rings. The highest BCUT2D eigenvalue weighted by molar-refractivity contribution is 6.31. The van der Waals surface area contributed by atoms with Crippen molar-refractivity contribution in [1.29, 1.82) is 0 Å². The molecule has 0 bridgehead atoms. The zero-order chi connectivity index (χ0) is 17.2. The second kappa shape index (κ2) is 6.67. The molecule has 1 aliphatic carbocycles. The summed E-state index contributed by atoms with van der Waals surface area (Å²) < 4.78 is 0. The molecule has 0 spiro atoms. The first kappa shape index (κ1) is 16.5. The molecule has 126 valence electrons. The summed E-state index contributed by atoms with van der Waals surface area (Å²) in [5, 5.41) is 15.7. The number of aromatic nitrogens is 1. The molecular weight excluding hydrogens is 330 g/mol. The summed E-state index contributed by atoms with van der Waals surface area (Å²) in [6.07, 6.45) is 3.98. The monoisotopic (exact) mass is 347 g/mol. The fourth-order valence-electron chi connectivity index (χ4n) is 2.60. The second-order valence-electron chi connectivity index (χ2n) is 5.99. The summed E-state index contributed by atoms with van der Waals surface area (Å²) >= 11 is 5.98. The standard InChI is InChI=1S/C17H18ClN3O3/c18-11-4-5-13(12(9-11)15(22)14-3-1-8-19-14)21-16(23)20-10-17(24)6-2-7-17/h1,3-5,8-9,19,24H,2,6-7,10H2,(H2,20,21,23). The molecule has 0 unspecified atom stereocenters. The number of aliphatic hydroxyl groups is 1. The van der Waals surface area contributed by atoms with Crippen molar-refractivity contribution in [2.45, 2.75) is 24.9 Å². The number of ketones is 1. The average Bonchev–Trinajstić information content (AvgIpc) is 3.06. The van der Waals surface area contributed by atoms with Crippen LogP contribution < -0.4 is 10.6 Å². The third-order valence-corrected chi connectivity index (χ3v) is 4.41. The van der Waals surface area contributed by atoms with E-state index < -0.39 is 11.6 Å². The Balaban J connectivity index is 1.73. The van der Waals surface area contributed by atoms with Crippen LogP contribution in [0.3, 0.4) is 0 Å². The van der Waals surface area contributed by atoms with Gasteiger partial charge in [0.25, 0.3) is 0 Å². The van der Waals surface area contributed by atoms with Gasteiger partial charge in [0.2, 0.25) is 5.78 Å². The van der Waals surface area contributed by atoms with Gasteiger partial charge >= 0.3 is 6.03 Å². The molecule has 24 heavy (non-hydrogen) atoms. The number of urea groups is 1. The Hall–Kier alpha value is -2.31. The van der Waals surface area contributed by atoms with Gasteiger partial charge in [-0.05, 0) is 49.6 Å². The van der Waals surface area contributed by atoms with E-state index in [1.165, 1.54) is 6.07 Å². The summed E-state index contributed by atoms with van der Waals surface area (Å²) in [6, 6.07) is 7.59. The van der Waals surface area contributed by atoms with Crippen molar-refractivity contribution in [2.24, 2.45) is 0 Å². The van der Waals surface area contributed by atoms with Crippen molar-refractivity contribution in [3.05, 3.63) is 52.8 Å². The highest BCUT2D eigenvalue weighted by Crippen LogP contribution is 2.30. The number of rotatable bonds is 5. The number of carbonyl (C=O) groups is 2. The first-order valence-electron chi connectivity index (χ1n) is 7.72. The molecule has 2 aromatic rings. The normalized spacial score (nSPS) is 15.4. The molecule has 1 aromatic carbocycles. The molecule has 0 atom stereocenters. The molecule has 6 nitrogen and oxygen atoms in total. The van der Waals surface area contributed by atoms with Crippen LogP contribution in [-0.4, -0.2) is 34.1 Å². The fourth-order valence-corrected chi connectivity index (χ4v) is 2.78. The number of amides is 2. The van der Waals surface area contributed by atoms with Crippen molar-refractivity contribution < 1.29 is 14.7 Å². The van der Waals surface area contributed by atoms with E-state index >= 15 is 0 Å². The van der Waals surface area contributed by atoms with Crippen molar-refractivity contribution in [3.8, 4) is 0 Å². The van der Waals surface area contributed by atoms with E-state index in [9.17, 15) is 14.7 Å². The number of hydrogen-bond donors (Lipinski definition) is 4. The molecule has 4 N–H and O–H groups in total. The number of benzene rings is 1. The minimum Gasteiger partial charge on any atom is -0.388 e. The molecule has 7 heteroatoms. The summed E-state index contributed by atoms with van der Waals surface area (Å²) in [6.45, 7) is 0.187. The van der Waals surface area contributed by atoms with Crippen LogP contribution in [0.2, 0.25) is 5.02 Å². The number of anilines is 1. The third-order valence-electron chi connectivity index (χ3n) is 4.18. The van der Waals surface area contributed by atoms with Gasteiger partial charge in [-0.1, -0.05) is 11.6 Å².